The number of anilines is 2. The van der Waals surface area contributed by atoms with E-state index in [9.17, 15) is 18.3 Å². The molecule has 112 valence electrons. The molecule has 0 heterocycles. The van der Waals surface area contributed by atoms with Gasteiger partial charge in [-0.1, -0.05) is 12.8 Å². The van der Waals surface area contributed by atoms with Gasteiger partial charge in [0.2, 0.25) is 0 Å². The van der Waals surface area contributed by atoms with E-state index in [0.717, 1.165) is 37.8 Å². The van der Waals surface area contributed by atoms with Crippen molar-refractivity contribution in [2.24, 2.45) is 5.92 Å². The van der Waals surface area contributed by atoms with Gasteiger partial charge in [0.05, 0.1) is 16.9 Å². The van der Waals surface area contributed by atoms with E-state index in [1.165, 1.54) is 6.07 Å². The normalized spacial score (nSPS) is 23.6. The molecule has 1 fully saturated rings. The molecule has 20 heavy (non-hydrogen) atoms. The zero-order valence-corrected chi connectivity index (χ0v) is 11.1. The molecule has 0 spiro atoms. The molecule has 0 saturated heterocycles. The molecule has 1 saturated carbocycles. The number of nitrogens with two attached hydrogens (primary N) is 1. The van der Waals surface area contributed by atoms with Gasteiger partial charge in [0.15, 0.2) is 0 Å². The van der Waals surface area contributed by atoms with Crippen LogP contribution in [-0.4, -0.2) is 17.8 Å². The molecule has 1 aromatic rings. The maximum Gasteiger partial charge on any atom is 0.416 e. The van der Waals surface area contributed by atoms with E-state index in [-0.39, 0.29) is 24.3 Å². The van der Waals surface area contributed by atoms with Gasteiger partial charge in [-0.15, -0.1) is 0 Å². The van der Waals surface area contributed by atoms with Gasteiger partial charge < -0.3 is 16.2 Å². The van der Waals surface area contributed by atoms with Crippen LogP contribution in [0.25, 0.3) is 0 Å². The number of alkyl halides is 3. The van der Waals surface area contributed by atoms with E-state index in [1.807, 2.05) is 0 Å². The third kappa shape index (κ3) is 3.36. The fraction of sp³-hybridized carbons (Fsp3) is 0.571. The lowest BCUT2D eigenvalue weighted by Gasteiger charge is -2.32. The van der Waals surface area contributed by atoms with Crippen LogP contribution >= 0.6 is 0 Å². The SMILES string of the molecule is Nc1cc(C(F)(F)F)ccc1NC1CCCCC1CO. The van der Waals surface area contributed by atoms with Crippen molar-refractivity contribution in [1.29, 1.82) is 0 Å². The van der Waals surface area contributed by atoms with Crippen LogP contribution in [0.15, 0.2) is 18.2 Å². The third-order valence-electron chi connectivity index (χ3n) is 3.86. The van der Waals surface area contributed by atoms with Crippen LogP contribution in [0.2, 0.25) is 0 Å². The number of hydrogen-bond acceptors (Lipinski definition) is 3. The van der Waals surface area contributed by atoms with Crippen LogP contribution in [-0.2, 0) is 6.18 Å². The number of hydrogen-bond donors (Lipinski definition) is 3. The average Bonchev–Trinajstić information content (AvgIpc) is 2.40. The molecule has 0 radical (unpaired) electrons. The summed E-state index contributed by atoms with van der Waals surface area (Å²) in [6, 6.07) is 3.39. The highest BCUT2D eigenvalue weighted by atomic mass is 19.4. The molecule has 0 aliphatic heterocycles. The van der Waals surface area contributed by atoms with Crippen LogP contribution in [0.4, 0.5) is 24.5 Å². The van der Waals surface area contributed by atoms with E-state index in [4.69, 9.17) is 5.73 Å². The van der Waals surface area contributed by atoms with Crippen molar-refractivity contribution in [2.45, 2.75) is 37.9 Å². The fourth-order valence-electron chi connectivity index (χ4n) is 2.69. The van der Waals surface area contributed by atoms with Crippen molar-refractivity contribution >= 4 is 11.4 Å². The van der Waals surface area contributed by atoms with Gasteiger partial charge >= 0.3 is 6.18 Å². The fourth-order valence-corrected chi connectivity index (χ4v) is 2.69. The van der Waals surface area contributed by atoms with Gasteiger partial charge in [-0.25, -0.2) is 0 Å². The predicted molar refractivity (Wildman–Crippen MR) is 72.3 cm³/mol. The average molecular weight is 288 g/mol. The van der Waals surface area contributed by atoms with Gasteiger partial charge in [-0.3, -0.25) is 0 Å². The Morgan fingerprint density at radius 1 is 1.25 bits per heavy atom. The molecule has 6 heteroatoms. The summed E-state index contributed by atoms with van der Waals surface area (Å²) in [6.45, 7) is 0.0816. The molecular formula is C14H19F3N2O. The number of aliphatic hydroxyl groups excluding tert-OH is 1. The second-order valence-corrected chi connectivity index (χ2v) is 5.28. The number of nitrogens with one attached hydrogen (secondary N) is 1. The number of nitrogen functional groups attached to an aromatic ring is 1. The zero-order valence-electron chi connectivity index (χ0n) is 11.1. The van der Waals surface area contributed by atoms with Crippen LogP contribution in [0.3, 0.4) is 0 Å². The minimum atomic E-state index is -4.38. The molecule has 1 aliphatic rings. The van der Waals surface area contributed by atoms with Crippen LogP contribution in [0.5, 0.6) is 0 Å². The molecule has 3 nitrogen and oxygen atoms in total. The Balaban J connectivity index is 2.13. The lowest BCUT2D eigenvalue weighted by atomic mass is 9.85. The molecule has 0 bridgehead atoms. The molecule has 1 aromatic carbocycles. The van der Waals surface area contributed by atoms with Crippen molar-refractivity contribution in [3.63, 3.8) is 0 Å². The number of benzene rings is 1. The molecule has 4 N–H and O–H groups in total. The Labute approximate surface area is 116 Å². The van der Waals surface area contributed by atoms with E-state index >= 15 is 0 Å². The van der Waals surface area contributed by atoms with Crippen molar-refractivity contribution in [2.75, 3.05) is 17.7 Å². The van der Waals surface area contributed by atoms with E-state index in [2.05, 4.69) is 5.32 Å². The van der Waals surface area contributed by atoms with Gasteiger partial charge in [-0.2, -0.15) is 13.2 Å². The largest absolute Gasteiger partial charge is 0.416 e. The summed E-state index contributed by atoms with van der Waals surface area (Å²) in [5.74, 6) is 0.130. The zero-order chi connectivity index (χ0) is 14.8. The smallest absolute Gasteiger partial charge is 0.397 e. The lowest BCUT2D eigenvalue weighted by molar-refractivity contribution is -0.137. The Morgan fingerprint density at radius 3 is 2.55 bits per heavy atom. The topological polar surface area (TPSA) is 58.3 Å². The number of halogens is 3. The standard InChI is InChI=1S/C14H19F3N2O/c15-14(16,17)10-5-6-13(11(18)7-10)19-12-4-2-1-3-9(12)8-20/h5-7,9,12,19-20H,1-4,8,18H2. The molecule has 0 amide bonds. The highest BCUT2D eigenvalue weighted by Crippen LogP contribution is 2.34. The van der Waals surface area contributed by atoms with E-state index < -0.39 is 11.7 Å². The summed E-state index contributed by atoms with van der Waals surface area (Å²) in [7, 11) is 0. The van der Waals surface area contributed by atoms with E-state index in [1.54, 1.807) is 0 Å². The first-order valence-corrected chi connectivity index (χ1v) is 6.76. The van der Waals surface area contributed by atoms with Crippen LogP contribution < -0.4 is 11.1 Å². The van der Waals surface area contributed by atoms with Crippen LogP contribution in [0, 0.1) is 5.92 Å². The summed E-state index contributed by atoms with van der Waals surface area (Å²) in [6.07, 6.45) is -0.438. The van der Waals surface area contributed by atoms with Crippen LogP contribution in [0.1, 0.15) is 31.2 Å². The first kappa shape index (κ1) is 15.0. The maximum absolute atomic E-state index is 12.6. The molecule has 2 rings (SSSR count). The van der Waals surface area contributed by atoms with Gasteiger partial charge in [-0.05, 0) is 31.0 Å². The Kier molecular flexibility index (Phi) is 4.42. The highest BCUT2D eigenvalue weighted by Gasteiger charge is 2.31. The second kappa shape index (κ2) is 5.91. The summed E-state index contributed by atoms with van der Waals surface area (Å²) in [5, 5.41) is 12.5. The number of rotatable bonds is 3. The molecule has 2 unspecified atom stereocenters. The van der Waals surface area contributed by atoms with Gasteiger partial charge in [0, 0.05) is 18.6 Å². The lowest BCUT2D eigenvalue weighted by Crippen LogP contribution is -2.34. The van der Waals surface area contributed by atoms with Crippen molar-refractivity contribution in [3.8, 4) is 0 Å². The first-order valence-electron chi connectivity index (χ1n) is 6.76. The van der Waals surface area contributed by atoms with Gasteiger partial charge in [0.25, 0.3) is 0 Å². The van der Waals surface area contributed by atoms with Crippen molar-refractivity contribution in [1.82, 2.24) is 0 Å². The second-order valence-electron chi connectivity index (χ2n) is 5.28. The summed E-state index contributed by atoms with van der Waals surface area (Å²) < 4.78 is 37.7. The Bertz CT molecular complexity index is 462. The molecule has 1 aliphatic carbocycles. The Morgan fingerprint density at radius 2 is 1.95 bits per heavy atom. The Hall–Kier alpha value is -1.43. The summed E-state index contributed by atoms with van der Waals surface area (Å²) in [5.41, 5.74) is 5.54. The maximum atomic E-state index is 12.6. The molecular weight excluding hydrogens is 269 g/mol. The van der Waals surface area contributed by atoms with Crippen molar-refractivity contribution in [3.05, 3.63) is 23.8 Å². The molecule has 0 aromatic heterocycles. The predicted octanol–water partition coefficient (Wildman–Crippen LogP) is 3.25. The quantitative estimate of drug-likeness (QED) is 0.748. The first-order chi connectivity index (χ1) is 9.41. The number of aliphatic hydroxyl groups is 1. The van der Waals surface area contributed by atoms with E-state index in [0.29, 0.717) is 5.69 Å². The monoisotopic (exact) mass is 288 g/mol. The van der Waals surface area contributed by atoms with Gasteiger partial charge in [0.1, 0.15) is 0 Å². The summed E-state index contributed by atoms with van der Waals surface area (Å²) in [4.78, 5) is 0. The minimum Gasteiger partial charge on any atom is -0.397 e. The molecule has 2 atom stereocenters. The highest BCUT2D eigenvalue weighted by molar-refractivity contribution is 5.67. The minimum absolute atomic E-state index is 0.0628. The summed E-state index contributed by atoms with van der Waals surface area (Å²) >= 11 is 0. The van der Waals surface area contributed by atoms with Crippen molar-refractivity contribution < 1.29 is 18.3 Å². The third-order valence-corrected chi connectivity index (χ3v) is 3.86.